The molecule has 0 unspecified atom stereocenters. The third-order valence-electron chi connectivity index (χ3n) is 5.46. The summed E-state index contributed by atoms with van der Waals surface area (Å²) in [5.41, 5.74) is 3.67. The second-order valence-corrected chi connectivity index (χ2v) is 7.00. The Morgan fingerprint density at radius 3 is 2.60 bits per heavy atom. The highest BCUT2D eigenvalue weighted by Crippen LogP contribution is 2.26. The number of benzene rings is 2. The monoisotopic (exact) mass is 332 g/mol. The molecule has 5 rings (SSSR count). The summed E-state index contributed by atoms with van der Waals surface area (Å²) in [7, 11) is 0. The van der Waals surface area contributed by atoms with Crippen LogP contribution >= 0.6 is 0 Å². The predicted molar refractivity (Wildman–Crippen MR) is 96.5 cm³/mol. The number of carbonyl (C=O) groups is 1. The fourth-order valence-corrected chi connectivity index (χ4v) is 3.92. The van der Waals surface area contributed by atoms with E-state index in [4.69, 9.17) is 4.42 Å². The second kappa shape index (κ2) is 5.74. The first kappa shape index (κ1) is 14.7. The van der Waals surface area contributed by atoms with Crippen molar-refractivity contribution in [1.82, 2.24) is 9.80 Å². The molecule has 0 saturated carbocycles. The van der Waals surface area contributed by atoms with Gasteiger partial charge in [0.25, 0.3) is 5.91 Å². The number of nitrogens with zero attached hydrogens (tertiary/aromatic N) is 2. The topological polar surface area (TPSA) is 36.7 Å². The van der Waals surface area contributed by atoms with Crippen LogP contribution in [0.1, 0.15) is 21.7 Å². The van der Waals surface area contributed by atoms with Crippen molar-refractivity contribution in [1.29, 1.82) is 0 Å². The number of likely N-dealkylation sites (tertiary alicyclic amines) is 1. The maximum absolute atomic E-state index is 12.6. The number of rotatable bonds is 2. The summed E-state index contributed by atoms with van der Waals surface area (Å²) in [6.45, 7) is 3.65. The van der Waals surface area contributed by atoms with Gasteiger partial charge in [-0.1, -0.05) is 42.5 Å². The van der Waals surface area contributed by atoms with Crippen LogP contribution in [0.5, 0.6) is 0 Å². The van der Waals surface area contributed by atoms with Gasteiger partial charge in [0, 0.05) is 37.6 Å². The second-order valence-electron chi connectivity index (χ2n) is 7.00. The Balaban J connectivity index is 1.25. The Hall–Kier alpha value is -2.59. The van der Waals surface area contributed by atoms with E-state index in [1.54, 1.807) is 0 Å². The summed E-state index contributed by atoms with van der Waals surface area (Å²) in [5.74, 6) is 0.452. The molecule has 2 aromatic carbocycles. The van der Waals surface area contributed by atoms with Gasteiger partial charge in [-0.3, -0.25) is 9.69 Å². The van der Waals surface area contributed by atoms with E-state index in [9.17, 15) is 4.79 Å². The van der Waals surface area contributed by atoms with E-state index in [-0.39, 0.29) is 5.91 Å². The minimum atomic E-state index is 0.00450. The molecule has 1 fully saturated rings. The summed E-state index contributed by atoms with van der Waals surface area (Å²) in [6.07, 6.45) is 1.10. The molecular weight excluding hydrogens is 312 g/mol. The first-order valence-corrected chi connectivity index (χ1v) is 8.86. The molecule has 0 aliphatic carbocycles. The Morgan fingerprint density at radius 2 is 1.76 bits per heavy atom. The molecule has 2 aliphatic rings. The summed E-state index contributed by atoms with van der Waals surface area (Å²) in [4.78, 5) is 17.0. The zero-order valence-electron chi connectivity index (χ0n) is 14.0. The van der Waals surface area contributed by atoms with Crippen LogP contribution in [0.4, 0.5) is 0 Å². The van der Waals surface area contributed by atoms with Crippen LogP contribution in [0, 0.1) is 0 Å². The molecule has 1 aromatic heterocycles. The van der Waals surface area contributed by atoms with E-state index in [0.717, 1.165) is 43.6 Å². The number of carbonyl (C=O) groups excluding carboxylic acids is 1. The zero-order valence-corrected chi connectivity index (χ0v) is 14.0. The van der Waals surface area contributed by atoms with E-state index >= 15 is 0 Å². The molecule has 0 N–H and O–H groups in total. The number of amides is 1. The molecule has 4 nitrogen and oxygen atoms in total. The van der Waals surface area contributed by atoms with Gasteiger partial charge in [-0.2, -0.15) is 0 Å². The zero-order chi connectivity index (χ0) is 16.8. The quantitative estimate of drug-likeness (QED) is 0.722. The van der Waals surface area contributed by atoms with Crippen LogP contribution in [0.25, 0.3) is 11.0 Å². The van der Waals surface area contributed by atoms with Gasteiger partial charge in [0.15, 0.2) is 5.76 Å². The van der Waals surface area contributed by atoms with Gasteiger partial charge in [-0.15, -0.1) is 0 Å². The molecule has 0 spiro atoms. The molecule has 126 valence electrons. The smallest absolute Gasteiger partial charge is 0.289 e. The van der Waals surface area contributed by atoms with Crippen molar-refractivity contribution < 1.29 is 9.21 Å². The average Bonchev–Trinajstić information content (AvgIpc) is 3.04. The van der Waals surface area contributed by atoms with E-state index in [2.05, 4.69) is 29.2 Å². The van der Waals surface area contributed by atoms with Crippen LogP contribution in [-0.2, 0) is 13.0 Å². The van der Waals surface area contributed by atoms with Crippen LogP contribution in [0.3, 0.4) is 0 Å². The number of furan rings is 1. The Morgan fingerprint density at radius 1 is 1.00 bits per heavy atom. The van der Waals surface area contributed by atoms with Crippen molar-refractivity contribution in [3.8, 4) is 0 Å². The third kappa shape index (κ3) is 2.53. The van der Waals surface area contributed by atoms with E-state index in [1.807, 2.05) is 35.2 Å². The maximum atomic E-state index is 12.6. The molecule has 0 radical (unpaired) electrons. The molecule has 25 heavy (non-hydrogen) atoms. The SMILES string of the molecule is O=C(c1cc2ccccc2o1)N1CC(N2CCc3ccccc3C2)C1. The first-order chi connectivity index (χ1) is 12.3. The fourth-order valence-electron chi connectivity index (χ4n) is 3.92. The molecule has 2 aliphatic heterocycles. The highest BCUT2D eigenvalue weighted by atomic mass is 16.3. The molecular formula is C21H20N2O2. The molecule has 3 heterocycles. The van der Waals surface area contributed by atoms with Crippen molar-refractivity contribution in [2.75, 3.05) is 19.6 Å². The lowest BCUT2D eigenvalue weighted by atomic mass is 9.96. The van der Waals surface area contributed by atoms with Crippen LogP contribution < -0.4 is 0 Å². The largest absolute Gasteiger partial charge is 0.451 e. The Bertz CT molecular complexity index is 907. The molecule has 4 heteroatoms. The van der Waals surface area contributed by atoms with Gasteiger partial charge in [0.1, 0.15) is 5.58 Å². The van der Waals surface area contributed by atoms with Gasteiger partial charge in [-0.25, -0.2) is 0 Å². The lowest BCUT2D eigenvalue weighted by molar-refractivity contribution is 0.0197. The van der Waals surface area contributed by atoms with Crippen molar-refractivity contribution in [2.45, 2.75) is 19.0 Å². The van der Waals surface area contributed by atoms with E-state index in [0.29, 0.717) is 11.8 Å². The third-order valence-corrected chi connectivity index (χ3v) is 5.46. The molecule has 0 atom stereocenters. The first-order valence-electron chi connectivity index (χ1n) is 8.86. The lowest BCUT2D eigenvalue weighted by Crippen LogP contribution is -2.61. The van der Waals surface area contributed by atoms with Gasteiger partial charge >= 0.3 is 0 Å². The summed E-state index contributed by atoms with van der Waals surface area (Å²) in [5, 5.41) is 0.982. The van der Waals surface area contributed by atoms with Crippen molar-refractivity contribution >= 4 is 16.9 Å². The van der Waals surface area contributed by atoms with Crippen molar-refractivity contribution in [2.24, 2.45) is 0 Å². The Labute approximate surface area is 146 Å². The van der Waals surface area contributed by atoms with Crippen LogP contribution in [0.2, 0.25) is 0 Å². The number of para-hydroxylation sites is 1. The minimum absolute atomic E-state index is 0.00450. The lowest BCUT2D eigenvalue weighted by Gasteiger charge is -2.46. The molecule has 0 bridgehead atoms. The fraction of sp³-hybridized carbons (Fsp3) is 0.286. The van der Waals surface area contributed by atoms with Gasteiger partial charge in [0.05, 0.1) is 0 Å². The standard InChI is InChI=1S/C21H20N2O2/c24-21(20-11-16-6-3-4-8-19(16)25-20)23-13-18(14-23)22-10-9-15-5-1-2-7-17(15)12-22/h1-8,11,18H,9-10,12-14H2. The summed E-state index contributed by atoms with van der Waals surface area (Å²) >= 11 is 0. The van der Waals surface area contributed by atoms with Gasteiger partial charge in [0.2, 0.25) is 0 Å². The van der Waals surface area contributed by atoms with Crippen molar-refractivity contribution in [3.05, 3.63) is 71.5 Å². The Kier molecular flexibility index (Phi) is 3.38. The predicted octanol–water partition coefficient (Wildman–Crippen LogP) is 3.32. The number of fused-ring (bicyclic) bond motifs is 2. The van der Waals surface area contributed by atoms with E-state index in [1.165, 1.54) is 11.1 Å². The normalized spacial score (nSPS) is 18.2. The van der Waals surface area contributed by atoms with Gasteiger partial charge in [-0.05, 0) is 29.7 Å². The summed E-state index contributed by atoms with van der Waals surface area (Å²) < 4.78 is 5.71. The highest BCUT2D eigenvalue weighted by molar-refractivity contribution is 5.96. The van der Waals surface area contributed by atoms with Crippen molar-refractivity contribution in [3.63, 3.8) is 0 Å². The number of hydrogen-bond donors (Lipinski definition) is 0. The highest BCUT2D eigenvalue weighted by Gasteiger charge is 2.37. The van der Waals surface area contributed by atoms with E-state index < -0.39 is 0 Å². The molecule has 1 amide bonds. The number of hydrogen-bond acceptors (Lipinski definition) is 3. The van der Waals surface area contributed by atoms with Crippen LogP contribution in [-0.4, -0.2) is 41.4 Å². The van der Waals surface area contributed by atoms with Crippen LogP contribution in [0.15, 0.2) is 59.0 Å². The molecule has 3 aromatic rings. The summed E-state index contributed by atoms with van der Waals surface area (Å²) in [6, 6.07) is 18.7. The van der Waals surface area contributed by atoms with Gasteiger partial charge < -0.3 is 9.32 Å². The molecule has 1 saturated heterocycles. The minimum Gasteiger partial charge on any atom is -0.451 e. The maximum Gasteiger partial charge on any atom is 0.289 e. The average molecular weight is 332 g/mol.